The molecule has 5 aromatic heterocycles. The molecule has 0 radical (unpaired) electrons. The van der Waals surface area contributed by atoms with E-state index in [1.54, 1.807) is 57.3 Å². The molecule has 0 fully saturated rings. The first-order valence-electron chi connectivity index (χ1n) is 16.8. The molecule has 57 heavy (non-hydrogen) atoms. The first-order chi connectivity index (χ1) is 26.8. The van der Waals surface area contributed by atoms with Gasteiger partial charge in [-0.3, -0.25) is 47.0 Å². The van der Waals surface area contributed by atoms with E-state index >= 15 is 0 Å². The number of fused-ring (bicyclic) bond motifs is 2. The summed E-state index contributed by atoms with van der Waals surface area (Å²) in [7, 11) is 3.02. The van der Waals surface area contributed by atoms with Crippen LogP contribution in [-0.4, -0.2) is 72.8 Å². The number of imidazole rings is 1. The van der Waals surface area contributed by atoms with Gasteiger partial charge in [0, 0.05) is 27.7 Å². The van der Waals surface area contributed by atoms with Crippen molar-refractivity contribution in [2.45, 2.75) is 53.8 Å². The minimum atomic E-state index is -0.665. The molecule has 0 saturated heterocycles. The van der Waals surface area contributed by atoms with Crippen LogP contribution in [0.2, 0.25) is 0 Å². The minimum absolute atomic E-state index is 0. The van der Waals surface area contributed by atoms with Gasteiger partial charge in [-0.25, -0.2) is 29.5 Å². The predicted octanol–water partition coefficient (Wildman–Crippen LogP) is 2.64. The number of hydrogen-bond acceptors (Lipinski definition) is 12. The van der Waals surface area contributed by atoms with Crippen molar-refractivity contribution in [1.29, 1.82) is 0 Å². The fourth-order valence-corrected chi connectivity index (χ4v) is 6.20. The average molecular weight is 936 g/mol. The number of nitrogens with one attached hydrogen (secondary N) is 2. The van der Waals surface area contributed by atoms with Crippen LogP contribution in [0.15, 0.2) is 69.8 Å². The van der Waals surface area contributed by atoms with Gasteiger partial charge in [0.15, 0.2) is 11.2 Å². The maximum absolute atomic E-state index is 12.8. The molecular formula is C35H38Br2ClN11O8. The standard InChI is InChI=1S/C17H17BrN6O4.C11H13N3O3.C7H6BrClN2O.H2/c1-9(25)7-24-16(27)14-15(22(3)17(24)28)19-10(2)23(14)8-13(26)21-12-6-4-5-11(18)20-12;1-6-4-8-9(12-6)13(3)11(17)14(10(8)16)5-7(2)15;8-5-2-1-3-6(10-5)11-7(12)4-9;/h4-6H,7-8H2,1-3H3,(H,20,21,26);4-5H2,1-3H3;1-3H,4H2,(H,10,11,12);1H. The highest BCUT2D eigenvalue weighted by atomic mass is 79.9. The van der Waals surface area contributed by atoms with Gasteiger partial charge in [0.1, 0.15) is 56.5 Å². The number of ketones is 2. The number of aryl methyl sites for hydroxylation is 2. The Morgan fingerprint density at radius 1 is 0.737 bits per heavy atom. The molecule has 0 spiro atoms. The van der Waals surface area contributed by atoms with E-state index in [9.17, 15) is 38.4 Å². The van der Waals surface area contributed by atoms with Crippen molar-refractivity contribution < 1.29 is 20.6 Å². The molecule has 6 rings (SSSR count). The third-order valence-corrected chi connectivity index (χ3v) is 9.04. The van der Waals surface area contributed by atoms with Crippen LogP contribution in [0.5, 0.6) is 0 Å². The maximum atomic E-state index is 12.8. The van der Waals surface area contributed by atoms with Crippen LogP contribution in [0.1, 0.15) is 33.6 Å². The molecule has 6 heterocycles. The number of carbonyl (C=O) groups is 4. The van der Waals surface area contributed by atoms with Gasteiger partial charge in [0.05, 0.1) is 18.7 Å². The molecule has 1 aliphatic rings. The molecule has 0 aliphatic carbocycles. The molecule has 2 N–H and O–H groups in total. The fraction of sp³-hybridized carbons (Fsp3) is 0.314. The van der Waals surface area contributed by atoms with Crippen molar-refractivity contribution in [3.8, 4) is 0 Å². The van der Waals surface area contributed by atoms with Gasteiger partial charge in [-0.15, -0.1) is 11.6 Å². The normalized spacial score (nSPS) is 11.4. The first kappa shape index (κ1) is 44.0. The Labute approximate surface area is 346 Å². The zero-order valence-corrected chi connectivity index (χ0v) is 35.4. The van der Waals surface area contributed by atoms with Gasteiger partial charge >= 0.3 is 11.4 Å². The Morgan fingerprint density at radius 3 is 1.75 bits per heavy atom. The van der Waals surface area contributed by atoms with E-state index in [0.717, 1.165) is 14.8 Å². The zero-order chi connectivity index (χ0) is 42.3. The van der Waals surface area contributed by atoms with Crippen molar-refractivity contribution in [3.05, 3.63) is 98.7 Å². The van der Waals surface area contributed by atoms with Crippen LogP contribution in [0.4, 0.5) is 17.5 Å². The highest BCUT2D eigenvalue weighted by molar-refractivity contribution is 9.10. The number of rotatable bonds is 9. The van der Waals surface area contributed by atoms with Gasteiger partial charge in [0.2, 0.25) is 11.8 Å². The Kier molecular flexibility index (Phi) is 14.7. The molecule has 1 aliphatic heterocycles. The summed E-state index contributed by atoms with van der Waals surface area (Å²) in [6.45, 7) is 5.34. The van der Waals surface area contributed by atoms with Crippen molar-refractivity contribution in [1.82, 2.24) is 37.8 Å². The Hall–Kier alpha value is -5.67. The summed E-state index contributed by atoms with van der Waals surface area (Å²) in [5.41, 5.74) is -0.680. The average Bonchev–Trinajstić information content (AvgIpc) is 3.70. The van der Waals surface area contributed by atoms with Crippen LogP contribution in [0.25, 0.3) is 11.2 Å². The number of alkyl halides is 1. The van der Waals surface area contributed by atoms with Gasteiger partial charge in [-0.1, -0.05) is 12.1 Å². The number of hydrogen-bond donors (Lipinski definition) is 2. The molecule has 0 saturated carbocycles. The molecule has 2 amide bonds. The number of carbonyl (C=O) groups excluding carboxylic acids is 4. The SMILES string of the molecule is CC(=O)Cn1c(=O)c2c(n(C)c1=O)N=C(C)C2.CC(=O)Cn1c(=O)c2c(nc(C)n2CC(=O)Nc2cccc(Br)n2)n(C)c1=O.O=C(CCl)Nc1cccc(Br)n1.[HH]. The van der Waals surface area contributed by atoms with Crippen molar-refractivity contribution in [3.63, 3.8) is 0 Å². The van der Waals surface area contributed by atoms with E-state index < -0.39 is 28.4 Å². The largest absolute Gasteiger partial charge is 0.332 e. The van der Waals surface area contributed by atoms with E-state index in [4.69, 9.17) is 11.6 Å². The Balaban J connectivity index is 0.000000255. The highest BCUT2D eigenvalue weighted by Crippen LogP contribution is 2.21. The van der Waals surface area contributed by atoms with Crippen LogP contribution >= 0.6 is 43.5 Å². The number of halogens is 3. The van der Waals surface area contributed by atoms with E-state index in [0.29, 0.717) is 44.5 Å². The lowest BCUT2D eigenvalue weighted by molar-refractivity contribution is -0.118. The third kappa shape index (κ3) is 10.8. The quantitative estimate of drug-likeness (QED) is 0.161. The van der Waals surface area contributed by atoms with Gasteiger partial charge < -0.3 is 15.2 Å². The number of aliphatic imine (C=N–C) groups is 1. The van der Waals surface area contributed by atoms with E-state index in [2.05, 4.69) is 62.4 Å². The summed E-state index contributed by atoms with van der Waals surface area (Å²) < 4.78 is 6.98. The third-order valence-electron chi connectivity index (χ3n) is 7.91. The molecule has 22 heteroatoms. The second-order valence-corrected chi connectivity index (χ2v) is 14.4. The van der Waals surface area contributed by atoms with Gasteiger partial charge in [-0.2, -0.15) is 0 Å². The number of aromatic nitrogens is 8. The first-order valence-corrected chi connectivity index (χ1v) is 18.9. The van der Waals surface area contributed by atoms with Crippen LogP contribution in [-0.2, 0) is 59.3 Å². The molecule has 0 aromatic carbocycles. The lowest BCUT2D eigenvalue weighted by Crippen LogP contribution is -2.41. The Morgan fingerprint density at radius 2 is 1.25 bits per heavy atom. The zero-order valence-electron chi connectivity index (χ0n) is 31.4. The van der Waals surface area contributed by atoms with Crippen molar-refractivity contribution in [2.75, 3.05) is 16.5 Å². The summed E-state index contributed by atoms with van der Waals surface area (Å²) >= 11 is 11.7. The predicted molar refractivity (Wildman–Crippen MR) is 222 cm³/mol. The highest BCUT2D eigenvalue weighted by Gasteiger charge is 2.23. The topological polar surface area (TPSA) is 236 Å². The van der Waals surface area contributed by atoms with Gasteiger partial charge in [-0.05, 0) is 83.8 Å². The fourth-order valence-electron chi connectivity index (χ4n) is 5.45. The van der Waals surface area contributed by atoms with Crippen LogP contribution in [0, 0.1) is 6.92 Å². The van der Waals surface area contributed by atoms with Gasteiger partial charge in [0.25, 0.3) is 11.1 Å². The molecule has 0 bridgehead atoms. The summed E-state index contributed by atoms with van der Waals surface area (Å²) in [6, 6.07) is 10.3. The maximum Gasteiger partial charge on any atom is 0.332 e. The summed E-state index contributed by atoms with van der Waals surface area (Å²) in [4.78, 5) is 111. The van der Waals surface area contributed by atoms with Crippen molar-refractivity contribution >= 4 is 101 Å². The second-order valence-electron chi connectivity index (χ2n) is 12.5. The van der Waals surface area contributed by atoms with E-state index in [1.165, 1.54) is 34.6 Å². The van der Waals surface area contributed by atoms with E-state index in [-0.39, 0.29) is 55.6 Å². The van der Waals surface area contributed by atoms with Crippen LogP contribution < -0.4 is 33.1 Å². The molecule has 19 nitrogen and oxygen atoms in total. The van der Waals surface area contributed by atoms with Crippen LogP contribution in [0.3, 0.4) is 0 Å². The molecule has 5 aromatic rings. The number of anilines is 2. The molecule has 0 unspecified atom stereocenters. The Bertz CT molecular complexity index is 2700. The molecule has 302 valence electrons. The summed E-state index contributed by atoms with van der Waals surface area (Å²) in [6.07, 6.45) is 0.445. The lowest BCUT2D eigenvalue weighted by Gasteiger charge is -2.10. The number of pyridine rings is 2. The minimum Gasteiger partial charge on any atom is -0.313 e. The summed E-state index contributed by atoms with van der Waals surface area (Å²) in [5.74, 6) is 0.352. The second kappa shape index (κ2) is 19.0. The number of amides is 2. The lowest BCUT2D eigenvalue weighted by atomic mass is 10.2. The van der Waals surface area contributed by atoms with E-state index in [1.807, 2.05) is 0 Å². The number of nitrogens with zero attached hydrogens (tertiary/aromatic N) is 9. The summed E-state index contributed by atoms with van der Waals surface area (Å²) in [5, 5.41) is 5.17. The number of Topliss-reactive ketones (excluding diaryl/α,β-unsaturated/α-hetero) is 2. The smallest absolute Gasteiger partial charge is 0.313 e. The monoisotopic (exact) mass is 933 g/mol. The van der Waals surface area contributed by atoms with Crippen molar-refractivity contribution in [2.24, 2.45) is 19.1 Å². The molecular weight excluding hydrogens is 898 g/mol. The molecule has 0 atom stereocenters.